The van der Waals surface area contributed by atoms with Gasteiger partial charge < -0.3 is 0 Å². The molecule has 0 saturated carbocycles. The van der Waals surface area contributed by atoms with Gasteiger partial charge in [0.25, 0.3) is 0 Å². The summed E-state index contributed by atoms with van der Waals surface area (Å²) in [6.45, 7) is 3.82. The van der Waals surface area contributed by atoms with Gasteiger partial charge in [-0.15, -0.1) is 12.3 Å². The molecule has 0 heteroatoms. The van der Waals surface area contributed by atoms with Gasteiger partial charge in [-0.3, -0.25) is 0 Å². The zero-order valence-corrected chi connectivity index (χ0v) is 7.31. The molecule has 0 heterocycles. The Bertz CT molecular complexity index is 381. The second kappa shape index (κ2) is 3.65. The topological polar surface area (TPSA) is 0 Å². The molecule has 1 aromatic rings. The smallest absolute Gasteiger partial charge is 0.0401 e. The van der Waals surface area contributed by atoms with Crippen LogP contribution in [0.4, 0.5) is 0 Å². The minimum atomic E-state index is 0.879. The van der Waals surface area contributed by atoms with E-state index in [1.807, 2.05) is 25.1 Å². The van der Waals surface area contributed by atoms with Crippen molar-refractivity contribution < 1.29 is 0 Å². The van der Waals surface area contributed by atoms with Crippen LogP contribution in [0.25, 0.3) is 0 Å². The first-order valence-electron chi connectivity index (χ1n) is 3.78. The summed E-state index contributed by atoms with van der Waals surface area (Å²) in [6.07, 6.45) is 5.33. The first-order valence-corrected chi connectivity index (χ1v) is 3.78. The third kappa shape index (κ3) is 1.68. The van der Waals surface area contributed by atoms with Gasteiger partial charge in [0.05, 0.1) is 0 Å². The minimum absolute atomic E-state index is 0.879. The van der Waals surface area contributed by atoms with Crippen molar-refractivity contribution in [1.29, 1.82) is 0 Å². The molecule has 58 valence electrons. The monoisotopic (exact) mass is 154 g/mol. The molecule has 0 radical (unpaired) electrons. The lowest BCUT2D eigenvalue weighted by Gasteiger charge is -1.97. The zero-order chi connectivity index (χ0) is 8.97. The maximum absolute atomic E-state index is 5.33. The van der Waals surface area contributed by atoms with Crippen LogP contribution >= 0.6 is 0 Å². The molecular formula is C12H10. The Balaban J connectivity index is 3.29. The van der Waals surface area contributed by atoms with E-state index < -0.39 is 0 Å². The molecule has 12 heavy (non-hydrogen) atoms. The average molecular weight is 154 g/mol. The van der Waals surface area contributed by atoms with Crippen LogP contribution in [-0.2, 0) is 0 Å². The molecule has 0 amide bonds. The minimum Gasteiger partial charge on any atom is -0.115 e. The van der Waals surface area contributed by atoms with Gasteiger partial charge in [0.15, 0.2) is 0 Å². The second-order valence-corrected chi connectivity index (χ2v) is 2.57. The van der Waals surface area contributed by atoms with Gasteiger partial charge in [0.1, 0.15) is 0 Å². The van der Waals surface area contributed by atoms with E-state index in [1.54, 1.807) is 6.92 Å². The summed E-state index contributed by atoms with van der Waals surface area (Å²) in [5.41, 5.74) is 2.99. The van der Waals surface area contributed by atoms with E-state index in [1.165, 1.54) is 5.56 Å². The lowest BCUT2D eigenvalue weighted by atomic mass is 10.1. The van der Waals surface area contributed by atoms with Gasteiger partial charge in [-0.25, -0.2) is 0 Å². The summed E-state index contributed by atoms with van der Waals surface area (Å²) in [4.78, 5) is 0. The van der Waals surface area contributed by atoms with Gasteiger partial charge in [-0.2, -0.15) is 0 Å². The maximum atomic E-state index is 5.33. The van der Waals surface area contributed by atoms with Crippen LogP contribution in [0, 0.1) is 31.1 Å². The SMILES string of the molecule is C#Cc1cc(C)ccc1C#CC. The summed E-state index contributed by atoms with van der Waals surface area (Å²) in [7, 11) is 0. The van der Waals surface area contributed by atoms with E-state index in [9.17, 15) is 0 Å². The van der Waals surface area contributed by atoms with Crippen LogP contribution in [0.2, 0.25) is 0 Å². The van der Waals surface area contributed by atoms with Crippen molar-refractivity contribution in [2.45, 2.75) is 13.8 Å². The second-order valence-electron chi connectivity index (χ2n) is 2.57. The van der Waals surface area contributed by atoms with E-state index >= 15 is 0 Å². The fourth-order valence-corrected chi connectivity index (χ4v) is 1.02. The molecular weight excluding hydrogens is 144 g/mol. The van der Waals surface area contributed by atoms with E-state index in [2.05, 4.69) is 17.8 Å². The van der Waals surface area contributed by atoms with Crippen LogP contribution < -0.4 is 0 Å². The molecule has 0 nitrogen and oxygen atoms in total. The fourth-order valence-electron chi connectivity index (χ4n) is 1.02. The van der Waals surface area contributed by atoms with Crippen LogP contribution in [0.5, 0.6) is 0 Å². The zero-order valence-electron chi connectivity index (χ0n) is 7.31. The lowest BCUT2D eigenvalue weighted by molar-refractivity contribution is 1.44. The predicted octanol–water partition coefficient (Wildman–Crippen LogP) is 2.35. The first-order chi connectivity index (χ1) is 5.77. The molecule has 0 aliphatic heterocycles. The normalized spacial score (nSPS) is 8.08. The molecule has 0 fully saturated rings. The van der Waals surface area contributed by atoms with E-state index in [4.69, 9.17) is 6.42 Å². The van der Waals surface area contributed by atoms with Crippen molar-refractivity contribution in [2.75, 3.05) is 0 Å². The Morgan fingerprint density at radius 2 is 2.00 bits per heavy atom. The molecule has 1 aromatic carbocycles. The summed E-state index contributed by atoms with van der Waals surface area (Å²) < 4.78 is 0. The molecule has 0 saturated heterocycles. The highest BCUT2D eigenvalue weighted by Gasteiger charge is 1.95. The molecule has 0 spiro atoms. The van der Waals surface area contributed by atoms with Crippen molar-refractivity contribution in [3.8, 4) is 24.2 Å². The summed E-state index contributed by atoms with van der Waals surface area (Å²) in [5, 5.41) is 0. The Morgan fingerprint density at radius 3 is 2.58 bits per heavy atom. The molecule has 0 atom stereocenters. The number of benzene rings is 1. The predicted molar refractivity (Wildman–Crippen MR) is 51.7 cm³/mol. The quantitative estimate of drug-likeness (QED) is 0.503. The highest BCUT2D eigenvalue weighted by atomic mass is 14.0. The van der Waals surface area contributed by atoms with Crippen molar-refractivity contribution in [1.82, 2.24) is 0 Å². The van der Waals surface area contributed by atoms with Crippen molar-refractivity contribution in [2.24, 2.45) is 0 Å². The van der Waals surface area contributed by atoms with Crippen molar-refractivity contribution in [3.63, 3.8) is 0 Å². The van der Waals surface area contributed by atoms with E-state index in [0.717, 1.165) is 11.1 Å². The highest BCUT2D eigenvalue weighted by Crippen LogP contribution is 2.08. The molecule has 0 aromatic heterocycles. The number of terminal acetylenes is 1. The van der Waals surface area contributed by atoms with Crippen LogP contribution in [-0.4, -0.2) is 0 Å². The van der Waals surface area contributed by atoms with Crippen LogP contribution in [0.3, 0.4) is 0 Å². The highest BCUT2D eigenvalue weighted by molar-refractivity contribution is 5.50. The number of hydrogen-bond donors (Lipinski definition) is 0. The van der Waals surface area contributed by atoms with Gasteiger partial charge in [0.2, 0.25) is 0 Å². The Kier molecular flexibility index (Phi) is 2.57. The standard InChI is InChI=1S/C12H10/c1-4-6-12-8-7-10(3)9-11(12)5-2/h2,7-9H,1,3H3. The van der Waals surface area contributed by atoms with Gasteiger partial charge in [-0.05, 0) is 31.5 Å². The third-order valence-electron chi connectivity index (χ3n) is 1.59. The molecule has 0 N–H and O–H groups in total. The van der Waals surface area contributed by atoms with Crippen LogP contribution in [0.15, 0.2) is 18.2 Å². The van der Waals surface area contributed by atoms with Crippen molar-refractivity contribution >= 4 is 0 Å². The third-order valence-corrected chi connectivity index (χ3v) is 1.59. The maximum Gasteiger partial charge on any atom is 0.0401 e. The molecule has 0 aliphatic rings. The Labute approximate surface area is 73.6 Å². The summed E-state index contributed by atoms with van der Waals surface area (Å²) in [6, 6.07) is 5.95. The van der Waals surface area contributed by atoms with Gasteiger partial charge >= 0.3 is 0 Å². The molecule has 0 bridgehead atoms. The number of rotatable bonds is 0. The molecule has 0 unspecified atom stereocenters. The van der Waals surface area contributed by atoms with Gasteiger partial charge in [0, 0.05) is 11.1 Å². The van der Waals surface area contributed by atoms with Crippen molar-refractivity contribution in [3.05, 3.63) is 34.9 Å². The Hall–Kier alpha value is -1.66. The van der Waals surface area contributed by atoms with Crippen LogP contribution in [0.1, 0.15) is 23.6 Å². The Morgan fingerprint density at radius 1 is 1.25 bits per heavy atom. The average Bonchev–Trinajstić information content (AvgIpc) is 2.08. The molecule has 0 aliphatic carbocycles. The summed E-state index contributed by atoms with van der Waals surface area (Å²) >= 11 is 0. The fraction of sp³-hybridized carbons (Fsp3) is 0.167. The van der Waals surface area contributed by atoms with E-state index in [0.29, 0.717) is 0 Å². The lowest BCUT2D eigenvalue weighted by Crippen LogP contribution is -1.84. The van der Waals surface area contributed by atoms with E-state index in [-0.39, 0.29) is 0 Å². The first kappa shape index (κ1) is 8.44. The largest absolute Gasteiger partial charge is 0.115 e. The number of aryl methyl sites for hydroxylation is 1. The molecule has 1 rings (SSSR count). The van der Waals surface area contributed by atoms with Gasteiger partial charge in [-0.1, -0.05) is 17.9 Å². The number of hydrogen-bond acceptors (Lipinski definition) is 0. The summed E-state index contributed by atoms with van der Waals surface area (Å²) in [5.74, 6) is 8.41.